The molecule has 1 aromatic heterocycles. The molecule has 1 aliphatic rings. The van der Waals surface area contributed by atoms with Gasteiger partial charge in [-0.1, -0.05) is 0 Å². The van der Waals surface area contributed by atoms with E-state index < -0.39 is 0 Å². The summed E-state index contributed by atoms with van der Waals surface area (Å²) in [7, 11) is 3.29. The third kappa shape index (κ3) is 4.23. The van der Waals surface area contributed by atoms with Gasteiger partial charge < -0.3 is 21.3 Å². The van der Waals surface area contributed by atoms with Crippen molar-refractivity contribution in [2.75, 3.05) is 25.1 Å². The highest BCUT2D eigenvalue weighted by Crippen LogP contribution is 2.21. The average Bonchev–Trinajstić information content (AvgIpc) is 3.38. The summed E-state index contributed by atoms with van der Waals surface area (Å²) in [4.78, 5) is 33.7. The molecule has 8 heteroatoms. The zero-order valence-electron chi connectivity index (χ0n) is 14.1. The fourth-order valence-electron chi connectivity index (χ4n) is 2.22. The molecule has 0 aliphatic heterocycles. The van der Waals surface area contributed by atoms with Gasteiger partial charge in [0.2, 0.25) is 0 Å². The molecule has 0 unspecified atom stereocenters. The zero-order chi connectivity index (χ0) is 18.0. The molecule has 8 nitrogen and oxygen atoms in total. The van der Waals surface area contributed by atoms with E-state index in [1.807, 2.05) is 0 Å². The third-order valence-corrected chi connectivity index (χ3v) is 3.68. The number of hydrogen-bond acceptors (Lipinski definition) is 5. The number of urea groups is 1. The van der Waals surface area contributed by atoms with Crippen molar-refractivity contribution in [2.45, 2.75) is 18.9 Å². The topological polar surface area (TPSA) is 113 Å². The summed E-state index contributed by atoms with van der Waals surface area (Å²) < 4.78 is 0. The molecule has 1 aliphatic carbocycles. The van der Waals surface area contributed by atoms with E-state index in [1.165, 1.54) is 11.0 Å². The van der Waals surface area contributed by atoms with Crippen LogP contribution in [0.5, 0.6) is 0 Å². The van der Waals surface area contributed by atoms with Crippen LogP contribution in [-0.4, -0.2) is 46.9 Å². The minimum absolute atomic E-state index is 0.214. The van der Waals surface area contributed by atoms with Gasteiger partial charge >= 0.3 is 6.03 Å². The van der Waals surface area contributed by atoms with E-state index >= 15 is 0 Å². The second-order valence-electron chi connectivity index (χ2n) is 6.15. The fourth-order valence-corrected chi connectivity index (χ4v) is 2.22. The van der Waals surface area contributed by atoms with E-state index in [0.717, 1.165) is 12.8 Å². The molecule has 1 fully saturated rings. The fraction of sp³-hybridized carbons (Fsp3) is 0.294. The molecule has 25 heavy (non-hydrogen) atoms. The van der Waals surface area contributed by atoms with Crippen molar-refractivity contribution in [2.24, 2.45) is 0 Å². The minimum atomic E-state index is -0.245. The molecule has 1 aromatic carbocycles. The maximum absolute atomic E-state index is 12.1. The van der Waals surface area contributed by atoms with Crippen LogP contribution < -0.4 is 16.4 Å². The summed E-state index contributed by atoms with van der Waals surface area (Å²) in [5, 5.41) is 5.62. The van der Waals surface area contributed by atoms with Gasteiger partial charge in [-0.25, -0.2) is 14.8 Å². The summed E-state index contributed by atoms with van der Waals surface area (Å²) in [6.45, 7) is 0. The second-order valence-corrected chi connectivity index (χ2v) is 6.15. The predicted molar refractivity (Wildman–Crippen MR) is 95.1 cm³/mol. The Bertz CT molecular complexity index is 799. The number of amides is 3. The number of anilines is 2. The first-order valence-corrected chi connectivity index (χ1v) is 7.96. The largest absolute Gasteiger partial charge is 0.384 e. The number of rotatable bonds is 4. The molecule has 0 atom stereocenters. The molecule has 4 N–H and O–H groups in total. The van der Waals surface area contributed by atoms with Crippen LogP contribution in [0.2, 0.25) is 0 Å². The smallest absolute Gasteiger partial charge is 0.319 e. The molecule has 2 aromatic rings. The minimum Gasteiger partial charge on any atom is -0.384 e. The number of nitrogen functional groups attached to an aromatic ring is 1. The number of aromatic nitrogens is 2. The van der Waals surface area contributed by atoms with Crippen LogP contribution in [0.25, 0.3) is 11.4 Å². The lowest BCUT2D eigenvalue weighted by Crippen LogP contribution is -2.30. The molecule has 3 amide bonds. The van der Waals surface area contributed by atoms with E-state index in [1.54, 1.807) is 38.4 Å². The van der Waals surface area contributed by atoms with Crippen molar-refractivity contribution in [1.29, 1.82) is 0 Å². The zero-order valence-corrected chi connectivity index (χ0v) is 14.1. The monoisotopic (exact) mass is 340 g/mol. The Labute approximate surface area is 145 Å². The van der Waals surface area contributed by atoms with Crippen LogP contribution >= 0.6 is 0 Å². The van der Waals surface area contributed by atoms with E-state index in [9.17, 15) is 9.59 Å². The lowest BCUT2D eigenvalue weighted by atomic mass is 10.2. The van der Waals surface area contributed by atoms with E-state index in [2.05, 4.69) is 20.6 Å². The normalized spacial score (nSPS) is 13.2. The van der Waals surface area contributed by atoms with Gasteiger partial charge in [-0.15, -0.1) is 0 Å². The van der Waals surface area contributed by atoms with Crippen molar-refractivity contribution in [3.63, 3.8) is 0 Å². The Morgan fingerprint density at radius 2 is 1.84 bits per heavy atom. The van der Waals surface area contributed by atoms with Crippen molar-refractivity contribution in [3.05, 3.63) is 36.0 Å². The van der Waals surface area contributed by atoms with Gasteiger partial charge in [0.1, 0.15) is 11.5 Å². The molecule has 1 heterocycles. The van der Waals surface area contributed by atoms with Gasteiger partial charge in [0, 0.05) is 37.5 Å². The highest BCUT2D eigenvalue weighted by atomic mass is 16.2. The van der Waals surface area contributed by atoms with Gasteiger partial charge in [-0.05, 0) is 37.1 Å². The van der Waals surface area contributed by atoms with Crippen LogP contribution in [0.4, 0.5) is 16.3 Å². The Morgan fingerprint density at radius 1 is 1.16 bits per heavy atom. The number of nitrogens with two attached hydrogens (primary N) is 1. The number of nitrogens with zero attached hydrogens (tertiary/aromatic N) is 3. The van der Waals surface area contributed by atoms with Crippen LogP contribution in [0.1, 0.15) is 23.3 Å². The van der Waals surface area contributed by atoms with E-state index in [-0.39, 0.29) is 23.5 Å². The number of benzene rings is 1. The first-order chi connectivity index (χ1) is 11.9. The molecule has 0 spiro atoms. The van der Waals surface area contributed by atoms with Gasteiger partial charge in [-0.2, -0.15) is 0 Å². The van der Waals surface area contributed by atoms with Crippen LogP contribution in [0.3, 0.4) is 0 Å². The quantitative estimate of drug-likeness (QED) is 0.784. The second kappa shape index (κ2) is 6.76. The summed E-state index contributed by atoms with van der Waals surface area (Å²) in [5.74, 6) is 0.339. The average molecular weight is 340 g/mol. The number of carbonyl (C=O) groups is 2. The number of nitrogens with one attached hydrogen (secondary N) is 2. The lowest BCUT2D eigenvalue weighted by Gasteiger charge is -2.11. The maximum atomic E-state index is 12.1. The lowest BCUT2D eigenvalue weighted by molar-refractivity contribution is 0.0822. The molecule has 3 rings (SSSR count). The van der Waals surface area contributed by atoms with E-state index in [0.29, 0.717) is 23.1 Å². The van der Waals surface area contributed by atoms with Crippen molar-refractivity contribution in [3.8, 4) is 11.4 Å². The summed E-state index contributed by atoms with van der Waals surface area (Å²) in [5.41, 5.74) is 7.39. The molecule has 0 bridgehead atoms. The highest BCUT2D eigenvalue weighted by molar-refractivity contribution is 5.93. The first kappa shape index (κ1) is 16.7. The molecular weight excluding hydrogens is 320 g/mol. The van der Waals surface area contributed by atoms with Gasteiger partial charge in [0.05, 0.1) is 0 Å². The Hall–Kier alpha value is -3.16. The van der Waals surface area contributed by atoms with Crippen molar-refractivity contribution < 1.29 is 9.59 Å². The molecular formula is C17H20N6O2. The number of carbonyl (C=O) groups excluding carboxylic acids is 2. The number of hydrogen-bond donors (Lipinski definition) is 3. The molecule has 0 radical (unpaired) electrons. The summed E-state index contributed by atoms with van der Waals surface area (Å²) in [6, 6.07) is 8.58. The molecule has 130 valence electrons. The predicted octanol–water partition coefficient (Wildman–Crippen LogP) is 1.71. The first-order valence-electron chi connectivity index (χ1n) is 7.96. The molecule has 0 saturated heterocycles. The van der Waals surface area contributed by atoms with Crippen molar-refractivity contribution in [1.82, 2.24) is 20.2 Å². The standard InChI is InChI=1S/C17H20N6O2/c1-23(2)16(24)13-9-14(18)22-15(21-13)10-3-5-11(6-4-10)19-17(25)20-12-7-8-12/h3-6,9,12H,7-8H2,1-2H3,(H2,18,21,22)(H2,19,20,25). The third-order valence-electron chi connectivity index (χ3n) is 3.68. The van der Waals surface area contributed by atoms with E-state index in [4.69, 9.17) is 5.73 Å². The Morgan fingerprint density at radius 3 is 2.44 bits per heavy atom. The van der Waals surface area contributed by atoms with Gasteiger partial charge in [0.15, 0.2) is 5.82 Å². The molecule has 1 saturated carbocycles. The summed E-state index contributed by atoms with van der Waals surface area (Å²) in [6.07, 6.45) is 2.07. The maximum Gasteiger partial charge on any atom is 0.319 e. The van der Waals surface area contributed by atoms with Crippen LogP contribution in [0.15, 0.2) is 30.3 Å². The highest BCUT2D eigenvalue weighted by Gasteiger charge is 2.23. The Balaban J connectivity index is 1.77. The van der Waals surface area contributed by atoms with Crippen molar-refractivity contribution >= 4 is 23.4 Å². The van der Waals surface area contributed by atoms with Gasteiger partial charge in [-0.3, -0.25) is 4.79 Å². The summed E-state index contributed by atoms with van der Waals surface area (Å²) >= 11 is 0. The SMILES string of the molecule is CN(C)C(=O)c1cc(N)nc(-c2ccc(NC(=O)NC3CC3)cc2)n1. The van der Waals surface area contributed by atoms with Crippen LogP contribution in [-0.2, 0) is 0 Å². The Kier molecular flexibility index (Phi) is 4.51. The van der Waals surface area contributed by atoms with Gasteiger partial charge in [0.25, 0.3) is 5.91 Å². The van der Waals surface area contributed by atoms with Crippen LogP contribution in [0, 0.1) is 0 Å².